The summed E-state index contributed by atoms with van der Waals surface area (Å²) in [6.45, 7) is 3.98. The van der Waals surface area contributed by atoms with Crippen molar-refractivity contribution in [3.8, 4) is 5.75 Å². The number of amides is 1. The molecule has 0 saturated heterocycles. The molecule has 1 N–H and O–H groups in total. The number of hydrogen-bond acceptors (Lipinski definition) is 3. The van der Waals surface area contributed by atoms with E-state index in [1.165, 1.54) is 0 Å². The average molecular weight is 399 g/mol. The molecule has 0 bridgehead atoms. The lowest BCUT2D eigenvalue weighted by Crippen LogP contribution is -2.43. The van der Waals surface area contributed by atoms with Crippen molar-refractivity contribution in [2.75, 3.05) is 7.05 Å². The smallest absolute Gasteiger partial charge is 0.481 e. The van der Waals surface area contributed by atoms with Gasteiger partial charge >= 0.3 is 6.09 Å². The van der Waals surface area contributed by atoms with Crippen molar-refractivity contribution >= 4 is 46.9 Å². The predicted molar refractivity (Wildman–Crippen MR) is 103 cm³/mol. The first kappa shape index (κ1) is 18.4. The minimum absolute atomic E-state index is 0.357. The Morgan fingerprint density at radius 3 is 2.64 bits per heavy atom. The minimum atomic E-state index is -1.02. The summed E-state index contributed by atoms with van der Waals surface area (Å²) >= 11 is 13.3. The first-order valence-electron chi connectivity index (χ1n) is 7.68. The Kier molecular flexibility index (Phi) is 4.71. The highest BCUT2D eigenvalue weighted by atomic mass is 35.5. The molecule has 1 aliphatic rings. The molecule has 0 spiro atoms. The summed E-state index contributed by atoms with van der Waals surface area (Å²) in [5.74, 6) is 0.634. The predicted octanol–water partition coefficient (Wildman–Crippen LogP) is 6.03. The van der Waals surface area contributed by atoms with Crippen LogP contribution in [0.5, 0.6) is 5.75 Å². The molecular weight excluding hydrogens is 381 g/mol. The molecule has 0 fully saturated rings. The molecule has 0 radical (unpaired) electrons. The van der Waals surface area contributed by atoms with Crippen LogP contribution in [0.4, 0.5) is 10.5 Å². The van der Waals surface area contributed by atoms with Crippen molar-refractivity contribution in [2.24, 2.45) is 0 Å². The van der Waals surface area contributed by atoms with Gasteiger partial charge in [0.05, 0.1) is 17.0 Å². The van der Waals surface area contributed by atoms with Crippen LogP contribution in [0.15, 0.2) is 41.3 Å². The number of carbonyl (C=O) groups is 1. The molecule has 3 rings (SSSR count). The number of quaternary nitrogens is 1. The molecule has 7 heteroatoms. The maximum absolute atomic E-state index is 12.2. The summed E-state index contributed by atoms with van der Waals surface area (Å²) in [6, 6.07) is 10.6. The van der Waals surface area contributed by atoms with Crippen LogP contribution in [0, 0.1) is 0 Å². The van der Waals surface area contributed by atoms with E-state index in [1.54, 1.807) is 31.3 Å². The van der Waals surface area contributed by atoms with Crippen molar-refractivity contribution in [3.63, 3.8) is 0 Å². The fourth-order valence-electron chi connectivity index (χ4n) is 2.87. The third-order valence-electron chi connectivity index (χ3n) is 4.07. The van der Waals surface area contributed by atoms with E-state index < -0.39 is 9.98 Å². The number of benzene rings is 2. The van der Waals surface area contributed by atoms with Gasteiger partial charge in [0.25, 0.3) is 0 Å². The monoisotopic (exact) mass is 398 g/mol. The van der Waals surface area contributed by atoms with Crippen LogP contribution in [0.1, 0.15) is 19.4 Å². The van der Waals surface area contributed by atoms with Crippen LogP contribution in [0.25, 0.3) is 0 Å². The van der Waals surface area contributed by atoms with E-state index in [2.05, 4.69) is 0 Å². The largest absolute Gasteiger partial charge is 0.530 e. The lowest BCUT2D eigenvalue weighted by molar-refractivity contribution is 0.136. The summed E-state index contributed by atoms with van der Waals surface area (Å²) < 4.78 is 5.62. The second-order valence-electron chi connectivity index (χ2n) is 6.68. The van der Waals surface area contributed by atoms with Crippen LogP contribution in [-0.4, -0.2) is 23.8 Å². The molecule has 1 unspecified atom stereocenters. The summed E-state index contributed by atoms with van der Waals surface area (Å²) in [5.41, 5.74) is 1.23. The molecule has 132 valence electrons. The van der Waals surface area contributed by atoms with Gasteiger partial charge in [-0.05, 0) is 32.0 Å². The standard InChI is InChI=1S/C18H17Cl2NO3S/c1-18(2)10-11-5-4-6-14(16(11)24-18)21(3,17(22)23)25-15-8-7-12(19)9-13(15)20/h4-9H,10H2,1-3H3/p+1. The van der Waals surface area contributed by atoms with Crippen molar-refractivity contribution in [3.05, 3.63) is 52.0 Å². The highest BCUT2D eigenvalue weighted by molar-refractivity contribution is 7.99. The van der Waals surface area contributed by atoms with Gasteiger partial charge in [-0.25, -0.2) is 0 Å². The molecule has 1 heterocycles. The zero-order valence-electron chi connectivity index (χ0n) is 14.0. The van der Waals surface area contributed by atoms with E-state index in [4.69, 9.17) is 27.9 Å². The maximum Gasteiger partial charge on any atom is 0.530 e. The van der Waals surface area contributed by atoms with Gasteiger partial charge in [-0.2, -0.15) is 4.79 Å². The van der Waals surface area contributed by atoms with Gasteiger partial charge < -0.3 is 9.84 Å². The molecule has 1 atom stereocenters. The molecule has 4 nitrogen and oxygen atoms in total. The molecule has 2 aromatic carbocycles. The lowest BCUT2D eigenvalue weighted by Gasteiger charge is -2.27. The van der Waals surface area contributed by atoms with E-state index in [0.717, 1.165) is 23.9 Å². The molecular formula is C18H18Cl2NO3S+. The van der Waals surface area contributed by atoms with E-state index in [9.17, 15) is 9.90 Å². The van der Waals surface area contributed by atoms with Gasteiger partial charge in [0.2, 0.25) is 0 Å². The Labute approximate surface area is 161 Å². The van der Waals surface area contributed by atoms with E-state index in [0.29, 0.717) is 26.4 Å². The highest BCUT2D eigenvalue weighted by Crippen LogP contribution is 2.49. The van der Waals surface area contributed by atoms with E-state index >= 15 is 0 Å². The summed E-state index contributed by atoms with van der Waals surface area (Å²) in [7, 11) is 1.61. The fraction of sp³-hybridized carbons (Fsp3) is 0.278. The van der Waals surface area contributed by atoms with Gasteiger partial charge in [-0.3, -0.25) is 0 Å². The number of carboxylic acid groups (broad SMARTS) is 1. The van der Waals surface area contributed by atoms with E-state index in [-0.39, 0.29) is 5.60 Å². The van der Waals surface area contributed by atoms with Crippen LogP contribution in [-0.2, 0) is 6.42 Å². The third-order valence-corrected chi connectivity index (χ3v) is 6.00. The van der Waals surface area contributed by atoms with Crippen LogP contribution >= 0.6 is 35.1 Å². The summed E-state index contributed by atoms with van der Waals surface area (Å²) in [6.07, 6.45) is -0.278. The SMILES string of the molecule is CC1(C)Cc2cccc([N+](C)(Sc3ccc(Cl)cc3Cl)C(=O)O)c2O1. The average Bonchev–Trinajstić information content (AvgIpc) is 2.83. The molecule has 0 aromatic heterocycles. The number of halogens is 2. The van der Waals surface area contributed by atoms with Crippen molar-refractivity contribution in [1.82, 2.24) is 3.89 Å². The lowest BCUT2D eigenvalue weighted by atomic mass is 10.0. The van der Waals surface area contributed by atoms with Gasteiger partial charge in [-0.15, -0.1) is 3.89 Å². The van der Waals surface area contributed by atoms with Crippen LogP contribution in [0.2, 0.25) is 10.0 Å². The Hall–Kier alpha value is -1.40. The second-order valence-corrected chi connectivity index (χ2v) is 8.87. The number of nitrogens with zero attached hydrogens (tertiary/aromatic N) is 1. The molecule has 1 aliphatic heterocycles. The van der Waals surface area contributed by atoms with Crippen LogP contribution < -0.4 is 8.63 Å². The van der Waals surface area contributed by atoms with E-state index in [1.807, 2.05) is 26.0 Å². The van der Waals surface area contributed by atoms with Gasteiger partial charge in [0.1, 0.15) is 17.5 Å². The summed E-state index contributed by atoms with van der Waals surface area (Å²) in [5, 5.41) is 10.9. The molecule has 0 aliphatic carbocycles. The van der Waals surface area contributed by atoms with Crippen LogP contribution in [0.3, 0.4) is 0 Å². The quantitative estimate of drug-likeness (QED) is 0.506. The first-order valence-corrected chi connectivity index (χ1v) is 9.21. The molecule has 0 saturated carbocycles. The van der Waals surface area contributed by atoms with Gasteiger partial charge in [0.15, 0.2) is 11.4 Å². The Bertz CT molecular complexity index is 856. The number of fused-ring (bicyclic) bond motifs is 1. The number of hydrogen-bond donors (Lipinski definition) is 1. The molecule has 25 heavy (non-hydrogen) atoms. The van der Waals surface area contributed by atoms with Crippen molar-refractivity contribution in [1.29, 1.82) is 0 Å². The van der Waals surface area contributed by atoms with Crippen molar-refractivity contribution in [2.45, 2.75) is 30.8 Å². The number of rotatable bonds is 3. The number of para-hydroxylation sites is 1. The zero-order chi connectivity index (χ0) is 18.4. The van der Waals surface area contributed by atoms with Gasteiger partial charge in [0, 0.05) is 23.1 Å². The Morgan fingerprint density at radius 1 is 1.28 bits per heavy atom. The fourth-order valence-corrected chi connectivity index (χ4v) is 4.37. The van der Waals surface area contributed by atoms with Crippen molar-refractivity contribution < 1.29 is 14.6 Å². The molecule has 2 aromatic rings. The topological polar surface area (TPSA) is 46.5 Å². The highest BCUT2D eigenvalue weighted by Gasteiger charge is 2.44. The Morgan fingerprint density at radius 2 is 2.00 bits per heavy atom. The normalized spacial score (nSPS) is 17.5. The number of ether oxygens (including phenoxy) is 1. The first-order chi connectivity index (χ1) is 11.6. The second kappa shape index (κ2) is 6.40. The maximum atomic E-state index is 12.2. The molecule has 1 amide bonds. The Balaban J connectivity index is 2.08. The van der Waals surface area contributed by atoms with Gasteiger partial charge in [-0.1, -0.05) is 35.3 Å². The third kappa shape index (κ3) is 3.47. The summed E-state index contributed by atoms with van der Waals surface area (Å²) in [4.78, 5) is 12.8. The zero-order valence-corrected chi connectivity index (χ0v) is 16.4. The minimum Gasteiger partial charge on any atom is -0.481 e.